The second-order valence-corrected chi connectivity index (χ2v) is 3.98. The van der Waals surface area contributed by atoms with Crippen LogP contribution in [0.2, 0.25) is 0 Å². The van der Waals surface area contributed by atoms with E-state index in [9.17, 15) is 18.0 Å². The Morgan fingerprint density at radius 3 is 2.76 bits per heavy atom. The molecule has 1 aromatic carbocycles. The van der Waals surface area contributed by atoms with Crippen LogP contribution in [0.25, 0.3) is 11.3 Å². The van der Waals surface area contributed by atoms with Gasteiger partial charge in [0.1, 0.15) is 17.1 Å². The third kappa shape index (κ3) is 3.65. The molecule has 0 aliphatic heterocycles. The lowest BCUT2D eigenvalue weighted by Crippen LogP contribution is -2.17. The maximum atomic E-state index is 12.2. The normalized spacial score (nSPS) is 11.2. The smallest absolute Gasteiger partial charge is 0.465 e. The summed E-state index contributed by atoms with van der Waals surface area (Å²) in [5.74, 6) is -0.446. The minimum Gasteiger partial charge on any atom is -0.465 e. The van der Waals surface area contributed by atoms with Gasteiger partial charge in [-0.05, 0) is 19.1 Å². The van der Waals surface area contributed by atoms with Crippen LogP contribution in [0.4, 0.5) is 23.7 Å². The van der Waals surface area contributed by atoms with Gasteiger partial charge in [-0.3, -0.25) is 5.32 Å². The molecule has 0 atom stereocenters. The average Bonchev–Trinajstić information content (AvgIpc) is 2.68. The predicted octanol–water partition coefficient (Wildman–Crippen LogP) is 3.64. The number of amides is 1. The van der Waals surface area contributed by atoms with Gasteiger partial charge in [-0.2, -0.15) is 0 Å². The van der Waals surface area contributed by atoms with Crippen LogP contribution in [0.15, 0.2) is 28.8 Å². The highest BCUT2D eigenvalue weighted by atomic mass is 19.4. The van der Waals surface area contributed by atoms with Crippen LogP contribution >= 0.6 is 0 Å². The van der Waals surface area contributed by atoms with Gasteiger partial charge in [0.05, 0.1) is 0 Å². The minimum absolute atomic E-state index is 0.00234. The number of carbonyl (C=O) groups is 1. The summed E-state index contributed by atoms with van der Waals surface area (Å²) in [6, 6.07) is 4.94. The van der Waals surface area contributed by atoms with Crippen molar-refractivity contribution in [2.75, 3.05) is 5.32 Å². The summed E-state index contributed by atoms with van der Waals surface area (Å²) < 4.78 is 45.3. The van der Waals surface area contributed by atoms with Gasteiger partial charge in [-0.1, -0.05) is 17.3 Å². The zero-order valence-electron chi connectivity index (χ0n) is 10.6. The molecule has 2 rings (SSSR count). The van der Waals surface area contributed by atoms with E-state index in [1.54, 1.807) is 0 Å². The molecule has 0 unspecified atom stereocenters. The number of aryl methyl sites for hydroxylation is 1. The summed E-state index contributed by atoms with van der Waals surface area (Å²) in [4.78, 5) is 10.7. The molecule has 0 radical (unpaired) electrons. The van der Waals surface area contributed by atoms with E-state index in [4.69, 9.17) is 9.63 Å². The second kappa shape index (κ2) is 5.35. The maximum absolute atomic E-state index is 12.2. The van der Waals surface area contributed by atoms with Crippen molar-refractivity contribution in [1.82, 2.24) is 5.16 Å². The van der Waals surface area contributed by atoms with E-state index in [0.29, 0.717) is 0 Å². The van der Waals surface area contributed by atoms with E-state index in [1.807, 2.05) is 0 Å². The molecular formula is C12H9F3N2O4. The molecule has 1 heterocycles. The van der Waals surface area contributed by atoms with Gasteiger partial charge in [0.15, 0.2) is 5.76 Å². The van der Waals surface area contributed by atoms with E-state index in [0.717, 1.165) is 12.1 Å². The highest BCUT2D eigenvalue weighted by molar-refractivity contribution is 5.89. The Balaban J connectivity index is 2.39. The van der Waals surface area contributed by atoms with E-state index >= 15 is 0 Å². The van der Waals surface area contributed by atoms with Crippen LogP contribution in [0.1, 0.15) is 5.69 Å². The van der Waals surface area contributed by atoms with Crippen LogP contribution in [-0.2, 0) is 0 Å². The lowest BCUT2D eigenvalue weighted by atomic mass is 10.1. The van der Waals surface area contributed by atoms with Crippen molar-refractivity contribution in [1.29, 1.82) is 0 Å². The highest BCUT2D eigenvalue weighted by Crippen LogP contribution is 2.33. The molecule has 0 aliphatic rings. The number of nitrogens with one attached hydrogen (secondary N) is 1. The Kier molecular flexibility index (Phi) is 3.74. The summed E-state index contributed by atoms with van der Waals surface area (Å²) in [5, 5.41) is 14.4. The monoisotopic (exact) mass is 302 g/mol. The number of nitrogens with zero attached hydrogens (tertiary/aromatic N) is 1. The second-order valence-electron chi connectivity index (χ2n) is 3.98. The molecule has 112 valence electrons. The molecule has 1 aromatic heterocycles. The first-order valence-corrected chi connectivity index (χ1v) is 5.58. The Hall–Kier alpha value is -2.71. The number of benzene rings is 1. The SMILES string of the molecule is Cc1noc(-c2cccc(OC(F)(F)F)c2)c1NC(=O)O. The average molecular weight is 302 g/mol. The lowest BCUT2D eigenvalue weighted by Gasteiger charge is -2.09. The summed E-state index contributed by atoms with van der Waals surface area (Å²) in [6.45, 7) is 1.49. The fraction of sp³-hybridized carbons (Fsp3) is 0.167. The van der Waals surface area contributed by atoms with Gasteiger partial charge in [0.25, 0.3) is 0 Å². The first kappa shape index (κ1) is 14.7. The molecule has 0 saturated heterocycles. The minimum atomic E-state index is -4.82. The van der Waals surface area contributed by atoms with Crippen molar-refractivity contribution >= 4 is 11.8 Å². The Morgan fingerprint density at radius 1 is 1.43 bits per heavy atom. The summed E-state index contributed by atoms with van der Waals surface area (Å²) in [7, 11) is 0. The highest BCUT2D eigenvalue weighted by Gasteiger charge is 2.31. The number of alkyl halides is 3. The molecule has 0 saturated carbocycles. The van der Waals surface area contributed by atoms with Crippen molar-refractivity contribution in [2.45, 2.75) is 13.3 Å². The number of halogens is 3. The molecule has 0 aliphatic carbocycles. The zero-order chi connectivity index (χ0) is 15.6. The fourth-order valence-corrected chi connectivity index (χ4v) is 1.66. The Morgan fingerprint density at radius 2 is 2.14 bits per heavy atom. The molecule has 2 N–H and O–H groups in total. The van der Waals surface area contributed by atoms with Gasteiger partial charge < -0.3 is 14.4 Å². The van der Waals surface area contributed by atoms with Gasteiger partial charge in [0, 0.05) is 5.56 Å². The molecular weight excluding hydrogens is 293 g/mol. The molecule has 0 spiro atoms. The number of hydrogen-bond acceptors (Lipinski definition) is 4. The molecule has 9 heteroatoms. The number of rotatable bonds is 3. The summed E-state index contributed by atoms with van der Waals surface area (Å²) in [5.41, 5.74) is 0.516. The van der Waals surface area contributed by atoms with Crippen LogP contribution in [0.3, 0.4) is 0 Å². The third-order valence-electron chi connectivity index (χ3n) is 2.42. The Bertz CT molecular complexity index is 667. The van der Waals surface area contributed by atoms with Crippen molar-refractivity contribution in [3.63, 3.8) is 0 Å². The number of carboxylic acid groups (broad SMARTS) is 1. The first-order valence-electron chi connectivity index (χ1n) is 5.58. The molecule has 0 bridgehead atoms. The summed E-state index contributed by atoms with van der Waals surface area (Å²) in [6.07, 6.45) is -6.16. The Labute approximate surface area is 116 Å². The molecule has 0 fully saturated rings. The van der Waals surface area contributed by atoms with Crippen molar-refractivity contribution in [2.24, 2.45) is 0 Å². The number of aromatic nitrogens is 1. The lowest BCUT2D eigenvalue weighted by molar-refractivity contribution is -0.274. The van der Waals surface area contributed by atoms with Gasteiger partial charge in [-0.25, -0.2) is 4.79 Å². The first-order chi connectivity index (χ1) is 9.76. The molecule has 6 nitrogen and oxygen atoms in total. The van der Waals surface area contributed by atoms with Crippen LogP contribution < -0.4 is 10.1 Å². The van der Waals surface area contributed by atoms with Crippen molar-refractivity contribution in [3.8, 4) is 17.1 Å². The molecule has 21 heavy (non-hydrogen) atoms. The van der Waals surface area contributed by atoms with Gasteiger partial charge in [-0.15, -0.1) is 13.2 Å². The van der Waals surface area contributed by atoms with Crippen molar-refractivity contribution in [3.05, 3.63) is 30.0 Å². The van der Waals surface area contributed by atoms with Crippen LogP contribution in [0, 0.1) is 6.92 Å². The van der Waals surface area contributed by atoms with Crippen molar-refractivity contribution < 1.29 is 32.3 Å². The topological polar surface area (TPSA) is 84.6 Å². The third-order valence-corrected chi connectivity index (χ3v) is 2.42. The van der Waals surface area contributed by atoms with E-state index < -0.39 is 18.2 Å². The molecule has 1 amide bonds. The van der Waals surface area contributed by atoms with Crippen LogP contribution in [0.5, 0.6) is 5.75 Å². The van der Waals surface area contributed by atoms with Crippen LogP contribution in [-0.4, -0.2) is 22.7 Å². The van der Waals surface area contributed by atoms with Gasteiger partial charge >= 0.3 is 12.5 Å². The zero-order valence-corrected chi connectivity index (χ0v) is 10.6. The maximum Gasteiger partial charge on any atom is 0.573 e. The van der Waals surface area contributed by atoms with E-state index in [-0.39, 0.29) is 22.7 Å². The largest absolute Gasteiger partial charge is 0.573 e. The molecule has 2 aromatic rings. The van der Waals surface area contributed by atoms with E-state index in [2.05, 4.69) is 15.2 Å². The number of anilines is 1. The number of ether oxygens (including phenoxy) is 1. The summed E-state index contributed by atoms with van der Waals surface area (Å²) >= 11 is 0. The standard InChI is InChI=1S/C12H9F3N2O4/c1-6-9(16-11(18)19)10(21-17-6)7-3-2-4-8(5-7)20-12(13,14)15/h2-5,16H,1H3,(H,18,19). The van der Waals surface area contributed by atoms with Gasteiger partial charge in [0.2, 0.25) is 0 Å². The van der Waals surface area contributed by atoms with E-state index in [1.165, 1.54) is 19.1 Å². The predicted molar refractivity (Wildman–Crippen MR) is 65.0 cm³/mol. The fourth-order valence-electron chi connectivity index (χ4n) is 1.66. The number of hydrogen-bond donors (Lipinski definition) is 2. The quantitative estimate of drug-likeness (QED) is 0.904.